The number of hydrogen-bond acceptors (Lipinski definition) is 2. The Balaban J connectivity index is 2.07. The maximum atomic E-state index is 12.7. The molecule has 0 saturated carbocycles. The van der Waals surface area contributed by atoms with E-state index in [1.165, 1.54) is 16.7 Å². The van der Waals surface area contributed by atoms with Gasteiger partial charge in [-0.2, -0.15) is 0 Å². The molecule has 0 aliphatic carbocycles. The Kier molecular flexibility index (Phi) is 3.89. The van der Waals surface area contributed by atoms with E-state index in [-0.39, 0.29) is 5.43 Å². The monoisotopic (exact) mass is 294 g/mol. The third-order valence-corrected chi connectivity index (χ3v) is 4.95. The van der Waals surface area contributed by atoms with E-state index in [0.29, 0.717) is 6.42 Å². The predicted octanol–water partition coefficient (Wildman–Crippen LogP) is 4.72. The first-order chi connectivity index (χ1) is 10.2. The van der Waals surface area contributed by atoms with Crippen LogP contribution in [0.1, 0.15) is 29.2 Å². The molecule has 0 aliphatic rings. The van der Waals surface area contributed by atoms with Crippen LogP contribution >= 0.6 is 11.3 Å². The molecule has 1 nitrogen and oxygen atoms in total. The van der Waals surface area contributed by atoms with Crippen LogP contribution in [0.15, 0.2) is 52.6 Å². The summed E-state index contributed by atoms with van der Waals surface area (Å²) < 4.78 is 1.09. The van der Waals surface area contributed by atoms with Crippen molar-refractivity contribution in [2.24, 2.45) is 0 Å². The number of benzene rings is 2. The number of fused-ring (bicyclic) bond motifs is 1. The van der Waals surface area contributed by atoms with Gasteiger partial charge in [0, 0.05) is 22.1 Å². The molecule has 0 atom stereocenters. The topological polar surface area (TPSA) is 17.1 Å². The van der Waals surface area contributed by atoms with Crippen molar-refractivity contribution >= 4 is 21.4 Å². The van der Waals surface area contributed by atoms with Crippen LogP contribution in [-0.4, -0.2) is 0 Å². The first-order valence-corrected chi connectivity index (χ1v) is 8.15. The molecule has 0 N–H and O–H groups in total. The first kappa shape index (κ1) is 14.0. The van der Waals surface area contributed by atoms with Crippen molar-refractivity contribution in [3.05, 3.63) is 80.3 Å². The van der Waals surface area contributed by atoms with Gasteiger partial charge in [-0.15, -0.1) is 11.3 Å². The Bertz CT molecular complexity index is 846. The molecule has 0 saturated heterocycles. The van der Waals surface area contributed by atoms with E-state index in [0.717, 1.165) is 22.1 Å². The fraction of sp³-hybridized carbons (Fsp3) is 0.211. The van der Waals surface area contributed by atoms with Crippen molar-refractivity contribution in [3.63, 3.8) is 0 Å². The lowest BCUT2D eigenvalue weighted by atomic mass is 10.0. The minimum Gasteiger partial charge on any atom is -0.289 e. The molecule has 3 aromatic rings. The van der Waals surface area contributed by atoms with Crippen molar-refractivity contribution < 1.29 is 0 Å². The fourth-order valence-electron chi connectivity index (χ4n) is 2.57. The summed E-state index contributed by atoms with van der Waals surface area (Å²) in [5.41, 5.74) is 4.82. The SMILES string of the molecule is CCc1ccc2c(=O)c(Cc3ccccc3C)csc2c1. The van der Waals surface area contributed by atoms with Gasteiger partial charge in [0.05, 0.1) is 0 Å². The van der Waals surface area contributed by atoms with Crippen molar-refractivity contribution in [2.45, 2.75) is 26.7 Å². The van der Waals surface area contributed by atoms with Crippen molar-refractivity contribution in [2.75, 3.05) is 0 Å². The van der Waals surface area contributed by atoms with Crippen LogP contribution in [0.2, 0.25) is 0 Å². The van der Waals surface area contributed by atoms with E-state index in [1.807, 2.05) is 23.6 Å². The Labute approximate surface area is 128 Å². The highest BCUT2D eigenvalue weighted by atomic mass is 32.1. The summed E-state index contributed by atoms with van der Waals surface area (Å²) in [4.78, 5) is 12.7. The van der Waals surface area contributed by atoms with Gasteiger partial charge in [-0.3, -0.25) is 4.79 Å². The van der Waals surface area contributed by atoms with Crippen molar-refractivity contribution in [3.8, 4) is 0 Å². The van der Waals surface area contributed by atoms with Crippen LogP contribution < -0.4 is 5.43 Å². The molecule has 1 aromatic heterocycles. The Morgan fingerprint density at radius 2 is 1.86 bits per heavy atom. The molecule has 1 heterocycles. The summed E-state index contributed by atoms with van der Waals surface area (Å²) in [7, 11) is 0. The molecule has 0 aliphatic heterocycles. The highest BCUT2D eigenvalue weighted by Crippen LogP contribution is 2.21. The second kappa shape index (κ2) is 5.82. The standard InChI is InChI=1S/C19H18OS/c1-3-14-8-9-17-18(10-14)21-12-16(19(17)20)11-15-7-5-4-6-13(15)2/h4-10,12H,3,11H2,1-2H3. The number of hydrogen-bond donors (Lipinski definition) is 0. The average Bonchev–Trinajstić information content (AvgIpc) is 2.51. The van der Waals surface area contributed by atoms with Gasteiger partial charge in [0.25, 0.3) is 0 Å². The average molecular weight is 294 g/mol. The molecule has 2 heteroatoms. The maximum absolute atomic E-state index is 12.7. The highest BCUT2D eigenvalue weighted by molar-refractivity contribution is 7.16. The van der Waals surface area contributed by atoms with E-state index in [4.69, 9.17) is 0 Å². The van der Waals surface area contributed by atoms with Gasteiger partial charge < -0.3 is 0 Å². The normalized spacial score (nSPS) is 11.0. The summed E-state index contributed by atoms with van der Waals surface area (Å²) in [6.45, 7) is 4.23. The van der Waals surface area contributed by atoms with E-state index < -0.39 is 0 Å². The highest BCUT2D eigenvalue weighted by Gasteiger charge is 2.08. The van der Waals surface area contributed by atoms with Crippen LogP contribution in [0.5, 0.6) is 0 Å². The second-order valence-corrected chi connectivity index (χ2v) is 6.29. The lowest BCUT2D eigenvalue weighted by Gasteiger charge is -2.06. The van der Waals surface area contributed by atoms with Gasteiger partial charge in [-0.05, 0) is 47.5 Å². The molecule has 0 fully saturated rings. The molecular weight excluding hydrogens is 276 g/mol. The maximum Gasteiger partial charge on any atom is 0.191 e. The van der Waals surface area contributed by atoms with Crippen molar-refractivity contribution in [1.29, 1.82) is 0 Å². The molecule has 0 bridgehead atoms. The summed E-state index contributed by atoms with van der Waals surface area (Å²) in [5.74, 6) is 0. The third kappa shape index (κ3) is 2.77. The van der Waals surface area contributed by atoms with Gasteiger partial charge >= 0.3 is 0 Å². The minimum atomic E-state index is 0.176. The Morgan fingerprint density at radius 3 is 2.62 bits per heavy atom. The summed E-state index contributed by atoms with van der Waals surface area (Å²) in [5, 5.41) is 2.87. The zero-order valence-electron chi connectivity index (χ0n) is 12.3. The van der Waals surface area contributed by atoms with Gasteiger partial charge in [-0.1, -0.05) is 37.3 Å². The molecule has 0 unspecified atom stereocenters. The van der Waals surface area contributed by atoms with Gasteiger partial charge in [0.2, 0.25) is 0 Å². The van der Waals surface area contributed by atoms with Crippen LogP contribution in [0.4, 0.5) is 0 Å². The fourth-order valence-corrected chi connectivity index (χ4v) is 3.54. The van der Waals surface area contributed by atoms with E-state index in [1.54, 1.807) is 11.3 Å². The van der Waals surface area contributed by atoms with Gasteiger partial charge in [-0.25, -0.2) is 0 Å². The zero-order valence-corrected chi connectivity index (χ0v) is 13.2. The molecular formula is C19H18OS. The van der Waals surface area contributed by atoms with Crippen LogP contribution in [0.25, 0.3) is 10.1 Å². The molecule has 106 valence electrons. The largest absolute Gasteiger partial charge is 0.289 e. The molecule has 3 rings (SSSR count). The molecule has 0 amide bonds. The van der Waals surface area contributed by atoms with Gasteiger partial charge in [0.1, 0.15) is 0 Å². The van der Waals surface area contributed by atoms with E-state index >= 15 is 0 Å². The zero-order chi connectivity index (χ0) is 14.8. The molecule has 0 radical (unpaired) electrons. The lowest BCUT2D eigenvalue weighted by Crippen LogP contribution is -2.09. The molecule has 0 spiro atoms. The second-order valence-electron chi connectivity index (χ2n) is 5.38. The van der Waals surface area contributed by atoms with Crippen molar-refractivity contribution in [1.82, 2.24) is 0 Å². The lowest BCUT2D eigenvalue weighted by molar-refractivity contribution is 1.14. The van der Waals surface area contributed by atoms with Gasteiger partial charge in [0.15, 0.2) is 5.43 Å². The first-order valence-electron chi connectivity index (χ1n) is 7.27. The molecule has 2 aromatic carbocycles. The summed E-state index contributed by atoms with van der Waals surface area (Å²) in [6, 6.07) is 14.4. The number of aryl methyl sites for hydroxylation is 2. The number of rotatable bonds is 3. The minimum absolute atomic E-state index is 0.176. The van der Waals surface area contributed by atoms with E-state index in [2.05, 4.69) is 38.1 Å². The van der Waals surface area contributed by atoms with Crippen LogP contribution in [-0.2, 0) is 12.8 Å². The summed E-state index contributed by atoms with van der Waals surface area (Å²) in [6.07, 6.45) is 1.72. The summed E-state index contributed by atoms with van der Waals surface area (Å²) >= 11 is 1.67. The molecule has 21 heavy (non-hydrogen) atoms. The van der Waals surface area contributed by atoms with Crippen LogP contribution in [0.3, 0.4) is 0 Å². The predicted molar refractivity (Wildman–Crippen MR) is 91.5 cm³/mol. The Hall–Kier alpha value is -1.93. The van der Waals surface area contributed by atoms with E-state index in [9.17, 15) is 4.79 Å². The smallest absolute Gasteiger partial charge is 0.191 e. The third-order valence-electron chi connectivity index (χ3n) is 3.96. The van der Waals surface area contributed by atoms with Crippen LogP contribution in [0, 0.1) is 6.92 Å². The quantitative estimate of drug-likeness (QED) is 0.683. The Morgan fingerprint density at radius 1 is 1.05 bits per heavy atom.